The smallest absolute Gasteiger partial charge is 0.269 e. The highest BCUT2D eigenvalue weighted by Crippen LogP contribution is 2.36. The number of nitrogens with zero attached hydrogens (tertiary/aromatic N) is 1. The number of aliphatic hydroxyl groups is 1. The van der Waals surface area contributed by atoms with Crippen molar-refractivity contribution in [2.75, 3.05) is 11.6 Å². The number of carbonyl (C=O) groups is 1. The zero-order valence-electron chi connectivity index (χ0n) is 10.9. The van der Waals surface area contributed by atoms with E-state index in [1.165, 1.54) is 0 Å². The van der Waals surface area contributed by atoms with E-state index in [9.17, 15) is 14.1 Å². The van der Waals surface area contributed by atoms with Crippen LogP contribution in [0.4, 0.5) is 5.69 Å². The SMILES string of the molecule is C[S@@](=O)c1ccc(NC(=O)/C(C#N)=C(\O)C2CC2)cc1. The van der Waals surface area contributed by atoms with Crippen molar-refractivity contribution < 1.29 is 14.1 Å². The van der Waals surface area contributed by atoms with E-state index in [0.717, 1.165) is 12.8 Å². The Morgan fingerprint density at radius 1 is 1.40 bits per heavy atom. The topological polar surface area (TPSA) is 90.2 Å². The van der Waals surface area contributed by atoms with Gasteiger partial charge in [0.2, 0.25) is 0 Å². The van der Waals surface area contributed by atoms with Crippen LogP contribution in [0.3, 0.4) is 0 Å². The fourth-order valence-corrected chi connectivity index (χ4v) is 2.23. The van der Waals surface area contributed by atoms with Gasteiger partial charge < -0.3 is 10.4 Å². The van der Waals surface area contributed by atoms with Crippen molar-refractivity contribution in [2.24, 2.45) is 5.92 Å². The second-order valence-corrected chi connectivity index (χ2v) is 5.96. The molecule has 2 N–H and O–H groups in total. The number of hydrogen-bond acceptors (Lipinski definition) is 4. The van der Waals surface area contributed by atoms with E-state index < -0.39 is 16.7 Å². The third-order valence-corrected chi connectivity index (χ3v) is 3.94. The largest absolute Gasteiger partial charge is 0.510 e. The first-order valence-electron chi connectivity index (χ1n) is 6.11. The lowest BCUT2D eigenvalue weighted by Crippen LogP contribution is -2.16. The molecule has 104 valence electrons. The molecule has 1 saturated carbocycles. The normalized spacial score (nSPS) is 16.8. The Balaban J connectivity index is 2.13. The molecule has 1 aliphatic carbocycles. The third kappa shape index (κ3) is 3.25. The van der Waals surface area contributed by atoms with Crippen LogP contribution in [0.1, 0.15) is 12.8 Å². The molecule has 0 radical (unpaired) electrons. The minimum atomic E-state index is -1.08. The molecule has 1 aromatic rings. The maximum Gasteiger partial charge on any atom is 0.269 e. The molecule has 0 aromatic heterocycles. The summed E-state index contributed by atoms with van der Waals surface area (Å²) >= 11 is 0. The second-order valence-electron chi connectivity index (χ2n) is 4.58. The Kier molecular flexibility index (Phi) is 4.20. The Bertz CT molecular complexity index is 625. The van der Waals surface area contributed by atoms with Crippen LogP contribution in [0.25, 0.3) is 0 Å². The summed E-state index contributed by atoms with van der Waals surface area (Å²) in [5, 5.41) is 21.3. The van der Waals surface area contributed by atoms with Gasteiger partial charge >= 0.3 is 0 Å². The lowest BCUT2D eigenvalue weighted by Gasteiger charge is -2.06. The molecule has 0 aliphatic heterocycles. The Morgan fingerprint density at radius 3 is 2.45 bits per heavy atom. The number of aliphatic hydroxyl groups excluding tert-OH is 1. The average molecular weight is 290 g/mol. The number of amides is 1. The van der Waals surface area contributed by atoms with Crippen molar-refractivity contribution >= 4 is 22.4 Å². The molecule has 1 aromatic carbocycles. The second kappa shape index (κ2) is 5.88. The molecule has 0 spiro atoms. The molecule has 20 heavy (non-hydrogen) atoms. The summed E-state index contributed by atoms with van der Waals surface area (Å²) in [5.74, 6) is -0.807. The Labute approximate surface area is 119 Å². The van der Waals surface area contributed by atoms with Crippen molar-refractivity contribution in [1.82, 2.24) is 0 Å². The number of carbonyl (C=O) groups excluding carboxylic acids is 1. The average Bonchev–Trinajstić information content (AvgIpc) is 3.24. The van der Waals surface area contributed by atoms with Gasteiger partial charge in [-0.2, -0.15) is 5.26 Å². The molecule has 1 aliphatic rings. The number of nitriles is 1. The first-order chi connectivity index (χ1) is 9.52. The molecular formula is C14H14N2O3S. The van der Waals surface area contributed by atoms with Gasteiger partial charge in [-0.25, -0.2) is 0 Å². The van der Waals surface area contributed by atoms with E-state index in [1.54, 1.807) is 36.6 Å². The predicted molar refractivity (Wildman–Crippen MR) is 75.4 cm³/mol. The molecule has 1 atom stereocenters. The van der Waals surface area contributed by atoms with Gasteiger partial charge in [0.25, 0.3) is 5.91 Å². The number of rotatable bonds is 4. The van der Waals surface area contributed by atoms with Crippen molar-refractivity contribution in [1.29, 1.82) is 5.26 Å². The van der Waals surface area contributed by atoms with Crippen molar-refractivity contribution in [2.45, 2.75) is 17.7 Å². The van der Waals surface area contributed by atoms with Gasteiger partial charge in [0.15, 0.2) is 5.57 Å². The lowest BCUT2D eigenvalue weighted by molar-refractivity contribution is -0.112. The molecule has 0 saturated heterocycles. The monoisotopic (exact) mass is 290 g/mol. The van der Waals surface area contributed by atoms with E-state index >= 15 is 0 Å². The standard InChI is InChI=1S/C14H14N2O3S/c1-20(19)11-6-4-10(5-7-11)16-14(18)12(8-15)13(17)9-2-3-9/h4-7,9,17H,2-3H2,1H3,(H,16,18)/b13-12-/t20-/m1/s1. The van der Waals surface area contributed by atoms with Crippen LogP contribution < -0.4 is 5.32 Å². The summed E-state index contributed by atoms with van der Waals surface area (Å²) in [7, 11) is -1.08. The van der Waals surface area contributed by atoms with Crippen LogP contribution in [0, 0.1) is 17.2 Å². The zero-order valence-corrected chi connectivity index (χ0v) is 11.7. The molecule has 5 nitrogen and oxygen atoms in total. The highest BCUT2D eigenvalue weighted by atomic mass is 32.2. The van der Waals surface area contributed by atoms with Crippen molar-refractivity contribution in [3.05, 3.63) is 35.6 Å². The number of hydrogen-bond donors (Lipinski definition) is 2. The van der Waals surface area contributed by atoms with E-state index in [-0.39, 0.29) is 17.3 Å². The molecule has 2 rings (SSSR count). The van der Waals surface area contributed by atoms with Gasteiger partial charge in [0.05, 0.1) is 0 Å². The quantitative estimate of drug-likeness (QED) is 0.505. The van der Waals surface area contributed by atoms with Gasteiger partial charge in [-0.3, -0.25) is 9.00 Å². The summed E-state index contributed by atoms with van der Waals surface area (Å²) in [6, 6.07) is 8.24. The molecule has 1 amide bonds. The minimum Gasteiger partial charge on any atom is -0.510 e. The van der Waals surface area contributed by atoms with Crippen LogP contribution in [-0.2, 0) is 15.6 Å². The molecule has 0 heterocycles. The fraction of sp³-hybridized carbons (Fsp3) is 0.286. The van der Waals surface area contributed by atoms with E-state index in [0.29, 0.717) is 10.6 Å². The number of nitrogens with one attached hydrogen (secondary N) is 1. The first kappa shape index (κ1) is 14.3. The zero-order chi connectivity index (χ0) is 14.7. The van der Waals surface area contributed by atoms with Crippen LogP contribution in [-0.4, -0.2) is 21.5 Å². The van der Waals surface area contributed by atoms with Crippen molar-refractivity contribution in [3.63, 3.8) is 0 Å². The number of allylic oxidation sites excluding steroid dienone is 1. The minimum absolute atomic E-state index is 0.0553. The summed E-state index contributed by atoms with van der Waals surface area (Å²) in [6.45, 7) is 0. The molecule has 1 fully saturated rings. The highest BCUT2D eigenvalue weighted by Gasteiger charge is 2.30. The van der Waals surface area contributed by atoms with Gasteiger partial charge in [0, 0.05) is 33.6 Å². The van der Waals surface area contributed by atoms with Crippen LogP contribution in [0.5, 0.6) is 0 Å². The van der Waals surface area contributed by atoms with Crippen LogP contribution in [0.2, 0.25) is 0 Å². The first-order valence-corrected chi connectivity index (χ1v) is 7.66. The maximum atomic E-state index is 11.9. The summed E-state index contributed by atoms with van der Waals surface area (Å²) in [5.41, 5.74) is 0.246. The van der Waals surface area contributed by atoms with Gasteiger partial charge in [-0.05, 0) is 37.1 Å². The Morgan fingerprint density at radius 2 is 2.00 bits per heavy atom. The summed E-state index contributed by atoms with van der Waals surface area (Å²) in [6.07, 6.45) is 3.18. The number of anilines is 1. The number of benzene rings is 1. The lowest BCUT2D eigenvalue weighted by atomic mass is 10.1. The molecule has 0 unspecified atom stereocenters. The molecule has 6 heteroatoms. The van der Waals surface area contributed by atoms with Crippen LogP contribution in [0.15, 0.2) is 40.5 Å². The highest BCUT2D eigenvalue weighted by molar-refractivity contribution is 7.84. The maximum absolute atomic E-state index is 11.9. The summed E-state index contributed by atoms with van der Waals surface area (Å²) < 4.78 is 11.2. The Hall–Kier alpha value is -2.13. The third-order valence-electron chi connectivity index (χ3n) is 3.00. The van der Waals surface area contributed by atoms with Crippen molar-refractivity contribution in [3.8, 4) is 6.07 Å². The van der Waals surface area contributed by atoms with E-state index in [1.807, 2.05) is 0 Å². The summed E-state index contributed by atoms with van der Waals surface area (Å²) in [4.78, 5) is 12.6. The fourth-order valence-electron chi connectivity index (χ4n) is 1.71. The van der Waals surface area contributed by atoms with Crippen LogP contribution >= 0.6 is 0 Å². The molecular weight excluding hydrogens is 276 g/mol. The van der Waals surface area contributed by atoms with Gasteiger partial charge in [-0.15, -0.1) is 0 Å². The van der Waals surface area contributed by atoms with E-state index in [2.05, 4.69) is 5.32 Å². The van der Waals surface area contributed by atoms with Gasteiger partial charge in [-0.1, -0.05) is 0 Å². The van der Waals surface area contributed by atoms with E-state index in [4.69, 9.17) is 5.26 Å². The molecule has 0 bridgehead atoms. The van der Waals surface area contributed by atoms with Gasteiger partial charge in [0.1, 0.15) is 11.8 Å². The predicted octanol–water partition coefficient (Wildman–Crippen LogP) is 2.11.